The fourth-order valence-electron chi connectivity index (χ4n) is 2.85. The Labute approximate surface area is 137 Å². The number of piperidine rings is 1. The van der Waals surface area contributed by atoms with Crippen LogP contribution in [-0.2, 0) is 11.2 Å². The first kappa shape index (κ1) is 17.2. The van der Waals surface area contributed by atoms with Crippen LogP contribution in [0.5, 0.6) is 0 Å². The van der Waals surface area contributed by atoms with Crippen molar-refractivity contribution in [1.82, 2.24) is 20.2 Å². The summed E-state index contributed by atoms with van der Waals surface area (Å²) in [5.74, 6) is 0.141. The summed E-state index contributed by atoms with van der Waals surface area (Å²) in [6, 6.07) is 0.334. The molecule has 0 spiro atoms. The lowest BCUT2D eigenvalue weighted by molar-refractivity contribution is -0.122. The van der Waals surface area contributed by atoms with Crippen LogP contribution < -0.4 is 5.32 Å². The second kappa shape index (κ2) is 7.92. The van der Waals surface area contributed by atoms with Crippen molar-refractivity contribution in [2.45, 2.75) is 50.7 Å². The van der Waals surface area contributed by atoms with Gasteiger partial charge in [0.2, 0.25) is 5.91 Å². The topological polar surface area (TPSA) is 58.1 Å². The van der Waals surface area contributed by atoms with Crippen LogP contribution in [0.2, 0.25) is 0 Å². The Kier molecular flexibility index (Phi) is 6.20. The summed E-state index contributed by atoms with van der Waals surface area (Å²) in [5.41, 5.74) is 3.09. The van der Waals surface area contributed by atoms with Crippen molar-refractivity contribution in [3.8, 4) is 0 Å². The van der Waals surface area contributed by atoms with Crippen molar-refractivity contribution in [2.24, 2.45) is 0 Å². The van der Waals surface area contributed by atoms with Crippen LogP contribution in [0.4, 0.5) is 0 Å². The number of nitrogens with zero attached hydrogens (tertiary/aromatic N) is 3. The Morgan fingerprint density at radius 3 is 2.41 bits per heavy atom. The second-order valence-corrected chi connectivity index (χ2v) is 6.78. The van der Waals surface area contributed by atoms with E-state index >= 15 is 0 Å². The first-order valence-corrected chi connectivity index (χ1v) is 9.08. The summed E-state index contributed by atoms with van der Waals surface area (Å²) in [7, 11) is 2.13. The average molecular weight is 322 g/mol. The van der Waals surface area contributed by atoms with Gasteiger partial charge in [0.25, 0.3) is 0 Å². The van der Waals surface area contributed by atoms with Gasteiger partial charge in [0, 0.05) is 23.9 Å². The normalized spacial score (nSPS) is 16.7. The summed E-state index contributed by atoms with van der Waals surface area (Å²) in [5, 5.41) is 3.96. The van der Waals surface area contributed by atoms with Crippen molar-refractivity contribution in [3.63, 3.8) is 0 Å². The molecule has 122 valence electrons. The van der Waals surface area contributed by atoms with Gasteiger partial charge in [0.1, 0.15) is 0 Å². The molecular formula is C16H26N4OS. The molecule has 1 aliphatic rings. The van der Waals surface area contributed by atoms with Crippen molar-refractivity contribution in [1.29, 1.82) is 0 Å². The fraction of sp³-hybridized carbons (Fsp3) is 0.688. The van der Waals surface area contributed by atoms with Gasteiger partial charge in [-0.25, -0.2) is 9.97 Å². The molecular weight excluding hydrogens is 296 g/mol. The molecule has 2 heterocycles. The third kappa shape index (κ3) is 4.68. The maximum absolute atomic E-state index is 12.1. The van der Waals surface area contributed by atoms with Crippen LogP contribution in [0.3, 0.4) is 0 Å². The number of hydrogen-bond acceptors (Lipinski definition) is 5. The summed E-state index contributed by atoms with van der Waals surface area (Å²) in [6.45, 7) is 6.12. The van der Waals surface area contributed by atoms with E-state index in [0.717, 1.165) is 48.0 Å². The Morgan fingerprint density at radius 1 is 1.27 bits per heavy atom. The van der Waals surface area contributed by atoms with E-state index in [9.17, 15) is 4.79 Å². The molecule has 0 aromatic carbocycles. The van der Waals surface area contributed by atoms with Gasteiger partial charge in [-0.1, -0.05) is 11.8 Å². The third-order valence-electron chi connectivity index (χ3n) is 4.27. The lowest BCUT2D eigenvalue weighted by atomic mass is 10.0. The molecule has 1 aromatic heterocycles. The van der Waals surface area contributed by atoms with E-state index in [1.807, 2.05) is 20.1 Å². The molecule has 1 aromatic rings. The molecule has 22 heavy (non-hydrogen) atoms. The zero-order valence-electron chi connectivity index (χ0n) is 14.0. The van der Waals surface area contributed by atoms with Gasteiger partial charge in [-0.3, -0.25) is 4.79 Å². The highest BCUT2D eigenvalue weighted by Crippen LogP contribution is 2.17. The summed E-state index contributed by atoms with van der Waals surface area (Å²) < 4.78 is 0. The van der Waals surface area contributed by atoms with E-state index in [0.29, 0.717) is 18.9 Å². The van der Waals surface area contributed by atoms with Gasteiger partial charge in [-0.05, 0) is 65.1 Å². The molecule has 0 bridgehead atoms. The van der Waals surface area contributed by atoms with Crippen molar-refractivity contribution >= 4 is 17.7 Å². The predicted molar refractivity (Wildman–Crippen MR) is 90.3 cm³/mol. The summed E-state index contributed by atoms with van der Waals surface area (Å²) >= 11 is 1.55. The number of amides is 1. The largest absolute Gasteiger partial charge is 0.353 e. The van der Waals surface area contributed by atoms with Gasteiger partial charge in [-0.15, -0.1) is 0 Å². The zero-order valence-corrected chi connectivity index (χ0v) is 14.8. The number of rotatable bonds is 5. The third-order valence-corrected chi connectivity index (χ3v) is 4.82. The molecule has 1 aliphatic heterocycles. The fourth-order valence-corrected chi connectivity index (χ4v) is 3.31. The predicted octanol–water partition coefficient (Wildman–Crippen LogP) is 1.96. The molecule has 1 amide bonds. The molecule has 0 unspecified atom stereocenters. The Balaban J connectivity index is 1.86. The Bertz CT molecular complexity index is 504. The molecule has 0 saturated carbocycles. The molecule has 0 aliphatic carbocycles. The maximum Gasteiger partial charge on any atom is 0.220 e. The molecule has 6 heteroatoms. The summed E-state index contributed by atoms with van der Waals surface area (Å²) in [6.07, 6.45) is 5.29. The second-order valence-electron chi connectivity index (χ2n) is 6.00. The van der Waals surface area contributed by atoms with Gasteiger partial charge >= 0.3 is 0 Å². The van der Waals surface area contributed by atoms with Gasteiger partial charge < -0.3 is 10.2 Å². The number of carbonyl (C=O) groups excluding carboxylic acids is 1. The van der Waals surface area contributed by atoms with Gasteiger partial charge in [-0.2, -0.15) is 0 Å². The number of carbonyl (C=O) groups is 1. The molecule has 1 N–H and O–H groups in total. The minimum absolute atomic E-state index is 0.141. The number of aromatic nitrogens is 2. The Hall–Kier alpha value is -1.14. The van der Waals surface area contributed by atoms with Gasteiger partial charge in [0.05, 0.1) is 0 Å². The lowest BCUT2D eigenvalue weighted by Gasteiger charge is -2.29. The van der Waals surface area contributed by atoms with Crippen LogP contribution in [0.15, 0.2) is 5.16 Å². The molecule has 0 atom stereocenters. The number of hydrogen-bond donors (Lipinski definition) is 1. The van der Waals surface area contributed by atoms with Gasteiger partial charge in [0.15, 0.2) is 5.16 Å². The zero-order chi connectivity index (χ0) is 16.1. The van der Waals surface area contributed by atoms with E-state index in [2.05, 4.69) is 27.2 Å². The number of nitrogens with one attached hydrogen (secondary N) is 1. The van der Waals surface area contributed by atoms with Crippen LogP contribution >= 0.6 is 11.8 Å². The van der Waals surface area contributed by atoms with E-state index in [-0.39, 0.29) is 5.91 Å². The van der Waals surface area contributed by atoms with Crippen LogP contribution in [0.25, 0.3) is 0 Å². The molecule has 1 saturated heterocycles. The molecule has 0 radical (unpaired) electrons. The van der Waals surface area contributed by atoms with Crippen LogP contribution in [0, 0.1) is 13.8 Å². The highest BCUT2D eigenvalue weighted by atomic mass is 32.2. The van der Waals surface area contributed by atoms with Crippen LogP contribution in [-0.4, -0.2) is 53.2 Å². The van der Waals surface area contributed by atoms with E-state index in [4.69, 9.17) is 0 Å². The Morgan fingerprint density at radius 2 is 1.86 bits per heavy atom. The van der Waals surface area contributed by atoms with E-state index in [1.54, 1.807) is 11.8 Å². The summed E-state index contributed by atoms with van der Waals surface area (Å²) in [4.78, 5) is 23.4. The first-order chi connectivity index (χ1) is 10.5. The lowest BCUT2D eigenvalue weighted by Crippen LogP contribution is -2.43. The average Bonchev–Trinajstić information content (AvgIpc) is 2.48. The van der Waals surface area contributed by atoms with Crippen LogP contribution in [0.1, 0.15) is 36.2 Å². The SMILES string of the molecule is CSc1nc(C)c(CCC(=O)NC2CCN(C)CC2)c(C)n1. The van der Waals surface area contributed by atoms with Crippen molar-refractivity contribution < 1.29 is 4.79 Å². The molecule has 2 rings (SSSR count). The smallest absolute Gasteiger partial charge is 0.220 e. The minimum atomic E-state index is 0.141. The number of thioether (sulfide) groups is 1. The minimum Gasteiger partial charge on any atom is -0.353 e. The monoisotopic (exact) mass is 322 g/mol. The molecule has 5 nitrogen and oxygen atoms in total. The number of likely N-dealkylation sites (tertiary alicyclic amines) is 1. The quantitative estimate of drug-likeness (QED) is 0.663. The molecule has 1 fully saturated rings. The van der Waals surface area contributed by atoms with E-state index in [1.165, 1.54) is 0 Å². The standard InChI is InChI=1S/C16H26N4OS/c1-11-14(12(2)18-16(17-11)22-4)5-6-15(21)19-13-7-9-20(3)10-8-13/h13H,5-10H2,1-4H3,(H,19,21). The highest BCUT2D eigenvalue weighted by Gasteiger charge is 2.18. The maximum atomic E-state index is 12.1. The van der Waals surface area contributed by atoms with E-state index < -0.39 is 0 Å². The number of aryl methyl sites for hydroxylation is 2. The first-order valence-electron chi connectivity index (χ1n) is 7.85. The highest BCUT2D eigenvalue weighted by molar-refractivity contribution is 7.98. The van der Waals surface area contributed by atoms with Crippen molar-refractivity contribution in [2.75, 3.05) is 26.4 Å². The van der Waals surface area contributed by atoms with Crippen molar-refractivity contribution in [3.05, 3.63) is 17.0 Å².